The van der Waals surface area contributed by atoms with Crippen LogP contribution in [0.2, 0.25) is 0 Å². The van der Waals surface area contributed by atoms with E-state index < -0.39 is 22.0 Å². The van der Waals surface area contributed by atoms with Gasteiger partial charge in [-0.3, -0.25) is 4.79 Å². The highest BCUT2D eigenvalue weighted by molar-refractivity contribution is 7.89. The average molecular weight is 272 g/mol. The van der Waals surface area contributed by atoms with Gasteiger partial charge in [0.2, 0.25) is 15.9 Å². The quantitative estimate of drug-likeness (QED) is 0.698. The van der Waals surface area contributed by atoms with Gasteiger partial charge in [0.15, 0.2) is 0 Å². The summed E-state index contributed by atoms with van der Waals surface area (Å²) in [5.41, 5.74) is 5.25. The van der Waals surface area contributed by atoms with Gasteiger partial charge in [-0.1, -0.05) is 0 Å². The number of nitrogens with one attached hydrogen (secondary N) is 1. The van der Waals surface area contributed by atoms with Gasteiger partial charge >= 0.3 is 0 Å². The molecule has 1 saturated heterocycles. The van der Waals surface area contributed by atoms with Crippen molar-refractivity contribution in [2.24, 2.45) is 12.8 Å². The van der Waals surface area contributed by atoms with Crippen LogP contribution in [-0.2, 0) is 21.9 Å². The van der Waals surface area contributed by atoms with Crippen molar-refractivity contribution >= 4 is 15.9 Å². The molecule has 3 N–H and O–H groups in total. The number of amides is 1. The molecule has 0 aromatic carbocycles. The van der Waals surface area contributed by atoms with Crippen LogP contribution in [0.3, 0.4) is 0 Å². The molecular weight excluding hydrogens is 256 g/mol. The van der Waals surface area contributed by atoms with Gasteiger partial charge in [0.25, 0.3) is 0 Å². The lowest BCUT2D eigenvalue weighted by Crippen LogP contribution is -2.58. The minimum Gasteiger partial charge on any atom is -0.368 e. The molecule has 18 heavy (non-hydrogen) atoms. The highest BCUT2D eigenvalue weighted by Crippen LogP contribution is 2.19. The molecule has 1 aliphatic rings. The van der Waals surface area contributed by atoms with Crippen LogP contribution < -0.4 is 11.1 Å². The van der Waals surface area contributed by atoms with E-state index in [4.69, 9.17) is 5.73 Å². The minimum atomic E-state index is -3.66. The Bertz CT molecular complexity index is 551. The van der Waals surface area contributed by atoms with E-state index in [1.54, 1.807) is 17.8 Å². The zero-order valence-electron chi connectivity index (χ0n) is 10.0. The Labute approximate surface area is 106 Å². The minimum absolute atomic E-state index is 0.179. The number of nitrogens with zero attached hydrogens (tertiary/aromatic N) is 2. The number of sulfonamides is 1. The summed E-state index contributed by atoms with van der Waals surface area (Å²) in [6.07, 6.45) is 3.16. The topological polar surface area (TPSA) is 97.4 Å². The highest BCUT2D eigenvalue weighted by Gasteiger charge is 2.36. The molecule has 1 atom stereocenters. The number of aromatic nitrogens is 1. The number of primary amides is 1. The molecule has 0 saturated carbocycles. The molecule has 2 rings (SSSR count). The molecule has 2 heterocycles. The second-order valence-corrected chi connectivity index (χ2v) is 6.14. The van der Waals surface area contributed by atoms with Crippen LogP contribution >= 0.6 is 0 Å². The number of piperazine rings is 1. The van der Waals surface area contributed by atoms with E-state index in [0.717, 1.165) is 0 Å². The summed E-state index contributed by atoms with van der Waals surface area (Å²) in [5.74, 6) is -0.637. The Morgan fingerprint density at radius 1 is 1.56 bits per heavy atom. The fourth-order valence-corrected chi connectivity index (χ4v) is 3.63. The monoisotopic (exact) mass is 272 g/mol. The normalized spacial score (nSPS) is 21.9. The molecule has 0 spiro atoms. The molecule has 1 unspecified atom stereocenters. The smallest absolute Gasteiger partial charge is 0.245 e. The predicted octanol–water partition coefficient (Wildman–Crippen LogP) is -1.53. The molecule has 0 aliphatic carbocycles. The van der Waals surface area contributed by atoms with Crippen LogP contribution in [0.15, 0.2) is 23.4 Å². The predicted molar refractivity (Wildman–Crippen MR) is 65.2 cm³/mol. The molecule has 100 valence electrons. The third-order valence-electron chi connectivity index (χ3n) is 2.93. The van der Waals surface area contributed by atoms with Crippen molar-refractivity contribution in [2.75, 3.05) is 19.6 Å². The summed E-state index contributed by atoms with van der Waals surface area (Å²) >= 11 is 0. The van der Waals surface area contributed by atoms with Crippen molar-refractivity contribution in [1.29, 1.82) is 0 Å². The van der Waals surface area contributed by atoms with E-state index >= 15 is 0 Å². The lowest BCUT2D eigenvalue weighted by atomic mass is 10.2. The van der Waals surface area contributed by atoms with E-state index in [-0.39, 0.29) is 18.0 Å². The SMILES string of the molecule is Cn1ccc(S(=O)(=O)N2CCNCC2C(N)=O)c1. The number of aryl methyl sites for hydroxylation is 1. The van der Waals surface area contributed by atoms with Crippen molar-refractivity contribution in [3.05, 3.63) is 18.5 Å². The lowest BCUT2D eigenvalue weighted by molar-refractivity contribution is -0.122. The Morgan fingerprint density at radius 2 is 2.28 bits per heavy atom. The van der Waals surface area contributed by atoms with Gasteiger partial charge in [-0.25, -0.2) is 8.42 Å². The van der Waals surface area contributed by atoms with Crippen LogP contribution in [-0.4, -0.2) is 48.9 Å². The van der Waals surface area contributed by atoms with Gasteiger partial charge in [-0.15, -0.1) is 0 Å². The molecular formula is C10H16N4O3S. The van der Waals surface area contributed by atoms with Gasteiger partial charge in [-0.05, 0) is 6.07 Å². The second-order valence-electron chi connectivity index (χ2n) is 4.25. The van der Waals surface area contributed by atoms with Crippen LogP contribution in [0.25, 0.3) is 0 Å². The number of nitrogens with two attached hydrogens (primary N) is 1. The van der Waals surface area contributed by atoms with E-state index in [9.17, 15) is 13.2 Å². The third kappa shape index (κ3) is 2.26. The van der Waals surface area contributed by atoms with Gasteiger partial charge in [-0.2, -0.15) is 4.31 Å². The Balaban J connectivity index is 2.36. The first-order chi connectivity index (χ1) is 8.43. The molecule has 1 aromatic rings. The molecule has 1 aromatic heterocycles. The molecule has 1 aliphatic heterocycles. The Morgan fingerprint density at radius 3 is 2.83 bits per heavy atom. The fraction of sp³-hybridized carbons (Fsp3) is 0.500. The maximum Gasteiger partial charge on any atom is 0.245 e. The third-order valence-corrected chi connectivity index (χ3v) is 4.83. The maximum atomic E-state index is 12.4. The molecule has 7 nitrogen and oxygen atoms in total. The lowest BCUT2D eigenvalue weighted by Gasteiger charge is -2.32. The Kier molecular flexibility index (Phi) is 3.42. The first-order valence-electron chi connectivity index (χ1n) is 5.57. The summed E-state index contributed by atoms with van der Waals surface area (Å²) < 4.78 is 27.6. The summed E-state index contributed by atoms with van der Waals surface area (Å²) in [6, 6.07) is 0.680. The standard InChI is InChI=1S/C10H16N4O3S/c1-13-4-2-8(7-13)18(16,17)14-5-3-12-6-9(14)10(11)15/h2,4,7,9,12H,3,5-6H2,1H3,(H2,11,15). The van der Waals surface area contributed by atoms with Crippen molar-refractivity contribution in [3.8, 4) is 0 Å². The summed E-state index contributed by atoms with van der Waals surface area (Å²) in [7, 11) is -1.93. The number of hydrogen-bond acceptors (Lipinski definition) is 4. The van der Waals surface area contributed by atoms with Crippen molar-refractivity contribution in [3.63, 3.8) is 0 Å². The van der Waals surface area contributed by atoms with Crippen LogP contribution in [0.4, 0.5) is 0 Å². The fourth-order valence-electron chi connectivity index (χ4n) is 1.98. The maximum absolute atomic E-state index is 12.4. The van der Waals surface area contributed by atoms with E-state index in [1.165, 1.54) is 16.6 Å². The van der Waals surface area contributed by atoms with Gasteiger partial charge < -0.3 is 15.6 Å². The zero-order chi connectivity index (χ0) is 13.3. The average Bonchev–Trinajstić information content (AvgIpc) is 2.76. The molecule has 8 heteroatoms. The zero-order valence-corrected chi connectivity index (χ0v) is 10.9. The van der Waals surface area contributed by atoms with Gasteiger partial charge in [0, 0.05) is 39.1 Å². The van der Waals surface area contributed by atoms with E-state index in [1.807, 2.05) is 0 Å². The van der Waals surface area contributed by atoms with Crippen LogP contribution in [0.1, 0.15) is 0 Å². The molecule has 0 bridgehead atoms. The summed E-state index contributed by atoms with van der Waals surface area (Å²) in [5, 5.41) is 2.96. The van der Waals surface area contributed by atoms with Crippen molar-refractivity contribution < 1.29 is 13.2 Å². The van der Waals surface area contributed by atoms with Crippen LogP contribution in [0.5, 0.6) is 0 Å². The van der Waals surface area contributed by atoms with E-state index in [2.05, 4.69) is 5.32 Å². The number of hydrogen-bond donors (Lipinski definition) is 2. The van der Waals surface area contributed by atoms with Gasteiger partial charge in [0.05, 0.1) is 4.90 Å². The number of carbonyl (C=O) groups excluding carboxylic acids is 1. The Hall–Kier alpha value is -1.38. The second kappa shape index (κ2) is 4.71. The largest absolute Gasteiger partial charge is 0.368 e. The van der Waals surface area contributed by atoms with Crippen molar-refractivity contribution in [2.45, 2.75) is 10.9 Å². The summed E-state index contributed by atoms with van der Waals surface area (Å²) in [6.45, 7) is 1.00. The molecule has 1 amide bonds. The van der Waals surface area contributed by atoms with E-state index in [0.29, 0.717) is 6.54 Å². The first-order valence-corrected chi connectivity index (χ1v) is 7.01. The molecule has 0 radical (unpaired) electrons. The summed E-state index contributed by atoms with van der Waals surface area (Å²) in [4.78, 5) is 11.5. The van der Waals surface area contributed by atoms with Crippen LogP contribution in [0, 0.1) is 0 Å². The highest BCUT2D eigenvalue weighted by atomic mass is 32.2. The number of carbonyl (C=O) groups is 1. The first kappa shape index (κ1) is 13.1. The van der Waals surface area contributed by atoms with Gasteiger partial charge in [0.1, 0.15) is 6.04 Å². The van der Waals surface area contributed by atoms with Crippen molar-refractivity contribution in [1.82, 2.24) is 14.2 Å². The molecule has 1 fully saturated rings. The number of rotatable bonds is 3.